The molecule has 0 aromatic heterocycles. The van der Waals surface area contributed by atoms with Crippen molar-refractivity contribution in [1.29, 1.82) is 0 Å². The number of allylic oxidation sites excluding steroid dienone is 2. The molecule has 0 saturated heterocycles. The molecule has 114 valence electrons. The summed E-state index contributed by atoms with van der Waals surface area (Å²) in [4.78, 5) is 12.3. The Balaban J connectivity index is 2.36. The van der Waals surface area contributed by atoms with Crippen molar-refractivity contribution in [3.05, 3.63) is 47.5 Å². The van der Waals surface area contributed by atoms with Crippen molar-refractivity contribution < 1.29 is 13.6 Å². The van der Waals surface area contributed by atoms with Crippen molar-refractivity contribution in [3.8, 4) is 0 Å². The predicted molar refractivity (Wildman–Crippen MR) is 80.5 cm³/mol. The number of carbonyl (C=O) groups excluding carboxylic acids is 1. The monoisotopic (exact) mass is 292 g/mol. The van der Waals surface area contributed by atoms with E-state index in [0.717, 1.165) is 18.4 Å². The maximum Gasteiger partial charge on any atom is 0.316 e. The van der Waals surface area contributed by atoms with Gasteiger partial charge in [0, 0.05) is 5.56 Å². The van der Waals surface area contributed by atoms with Crippen molar-refractivity contribution in [2.45, 2.75) is 39.5 Å². The highest BCUT2D eigenvalue weighted by Crippen LogP contribution is 2.43. The van der Waals surface area contributed by atoms with E-state index in [1.165, 1.54) is 12.1 Å². The lowest BCUT2D eigenvalue weighted by Gasteiger charge is -2.36. The molecule has 0 N–H and O–H groups in total. The summed E-state index contributed by atoms with van der Waals surface area (Å²) in [7, 11) is 0. The molecule has 0 spiro atoms. The zero-order valence-corrected chi connectivity index (χ0v) is 12.8. The number of hydrogen-bond donors (Lipinski definition) is 0. The van der Waals surface area contributed by atoms with E-state index in [4.69, 9.17) is 0 Å². The first kappa shape index (κ1) is 15.9. The topological polar surface area (TPSA) is 17.1 Å². The van der Waals surface area contributed by atoms with Crippen LogP contribution in [-0.2, 0) is 0 Å². The zero-order chi connectivity index (χ0) is 15.6. The molecule has 2 rings (SSSR count). The number of alkyl halides is 2. The Hall–Kier alpha value is -1.51. The third kappa shape index (κ3) is 3.22. The Morgan fingerprint density at radius 3 is 2.43 bits per heavy atom. The van der Waals surface area contributed by atoms with Crippen LogP contribution >= 0.6 is 0 Å². The third-order valence-electron chi connectivity index (χ3n) is 4.41. The average Bonchev–Trinajstić information content (AvgIpc) is 2.47. The number of rotatable bonds is 4. The molecule has 1 aromatic carbocycles. The summed E-state index contributed by atoms with van der Waals surface area (Å²) in [6, 6.07) is 7.87. The molecular formula is C18H22F2O. The van der Waals surface area contributed by atoms with Crippen LogP contribution in [0.15, 0.2) is 42.0 Å². The van der Waals surface area contributed by atoms with Gasteiger partial charge in [0.05, 0.1) is 5.92 Å². The molecule has 1 aliphatic carbocycles. The molecule has 0 aliphatic heterocycles. The van der Waals surface area contributed by atoms with Crippen LogP contribution < -0.4 is 0 Å². The zero-order valence-electron chi connectivity index (χ0n) is 12.8. The number of carbonyl (C=O) groups is 1. The standard InChI is InChI=1S/C18H22F2O/c1-12(2)15-10-9-13(3)11-16(15)18(19,20)17(21)14-7-5-4-6-8-14/h4-8,11-12,15-16H,9-10H2,1-3H3/t15-,16-/m1/s1. The van der Waals surface area contributed by atoms with E-state index in [2.05, 4.69) is 0 Å². The lowest BCUT2D eigenvalue weighted by atomic mass is 9.71. The molecule has 3 heteroatoms. The Bertz CT molecular complexity index is 531. The van der Waals surface area contributed by atoms with E-state index in [9.17, 15) is 13.6 Å². The first-order valence-electron chi connectivity index (χ1n) is 7.49. The Morgan fingerprint density at radius 1 is 1.24 bits per heavy atom. The summed E-state index contributed by atoms with van der Waals surface area (Å²) >= 11 is 0. The molecule has 0 radical (unpaired) electrons. The largest absolute Gasteiger partial charge is 0.316 e. The molecule has 0 fully saturated rings. The van der Waals surface area contributed by atoms with Crippen molar-refractivity contribution in [2.75, 3.05) is 0 Å². The van der Waals surface area contributed by atoms with Crippen LogP contribution in [0, 0.1) is 17.8 Å². The number of Topliss-reactive ketones (excluding diaryl/α,β-unsaturated/α-hetero) is 1. The molecule has 0 unspecified atom stereocenters. The first-order chi connectivity index (χ1) is 9.84. The van der Waals surface area contributed by atoms with Crippen molar-refractivity contribution >= 4 is 5.78 Å². The third-order valence-corrected chi connectivity index (χ3v) is 4.41. The minimum absolute atomic E-state index is 0.0848. The van der Waals surface area contributed by atoms with Crippen molar-refractivity contribution in [3.63, 3.8) is 0 Å². The molecule has 0 saturated carbocycles. The van der Waals surface area contributed by atoms with Gasteiger partial charge in [-0.05, 0) is 31.6 Å². The Labute approximate surface area is 125 Å². The quantitative estimate of drug-likeness (QED) is 0.555. The molecular weight excluding hydrogens is 270 g/mol. The van der Waals surface area contributed by atoms with E-state index >= 15 is 0 Å². The molecule has 1 nitrogen and oxygen atoms in total. The van der Waals surface area contributed by atoms with Gasteiger partial charge in [0.1, 0.15) is 0 Å². The van der Waals surface area contributed by atoms with Crippen molar-refractivity contribution in [1.82, 2.24) is 0 Å². The molecule has 1 aliphatic rings. The van der Waals surface area contributed by atoms with Gasteiger partial charge in [0.15, 0.2) is 0 Å². The fourth-order valence-corrected chi connectivity index (χ4v) is 3.14. The minimum atomic E-state index is -3.35. The molecule has 0 heterocycles. The smallest absolute Gasteiger partial charge is 0.287 e. The summed E-state index contributed by atoms with van der Waals surface area (Å²) in [5, 5.41) is 0. The summed E-state index contributed by atoms with van der Waals surface area (Å²) in [6.07, 6.45) is 3.19. The van der Waals surface area contributed by atoms with Gasteiger partial charge in [-0.25, -0.2) is 0 Å². The van der Waals surface area contributed by atoms with Crippen LogP contribution in [0.5, 0.6) is 0 Å². The number of hydrogen-bond acceptors (Lipinski definition) is 1. The van der Waals surface area contributed by atoms with Gasteiger partial charge in [-0.3, -0.25) is 4.79 Å². The first-order valence-corrected chi connectivity index (χ1v) is 7.49. The Kier molecular flexibility index (Phi) is 4.60. The molecule has 1 aromatic rings. The van der Waals surface area contributed by atoms with E-state index < -0.39 is 17.6 Å². The lowest BCUT2D eigenvalue weighted by molar-refractivity contribution is -0.0436. The van der Waals surface area contributed by atoms with Gasteiger partial charge in [-0.2, -0.15) is 8.78 Å². The highest BCUT2D eigenvalue weighted by molar-refractivity contribution is 6.01. The summed E-state index contributed by atoms with van der Waals surface area (Å²) in [6.45, 7) is 5.77. The van der Waals surface area contributed by atoms with Gasteiger partial charge < -0.3 is 0 Å². The van der Waals surface area contributed by atoms with E-state index in [1.54, 1.807) is 24.3 Å². The number of benzene rings is 1. The van der Waals surface area contributed by atoms with Crippen LogP contribution in [0.1, 0.15) is 44.0 Å². The van der Waals surface area contributed by atoms with Crippen LogP contribution in [0.4, 0.5) is 8.78 Å². The highest BCUT2D eigenvalue weighted by Gasteiger charge is 2.50. The second kappa shape index (κ2) is 6.08. The maximum absolute atomic E-state index is 14.8. The minimum Gasteiger partial charge on any atom is -0.287 e. The molecule has 0 amide bonds. The van der Waals surface area contributed by atoms with Crippen LogP contribution in [0.25, 0.3) is 0 Å². The van der Waals surface area contributed by atoms with E-state index in [1.807, 2.05) is 20.8 Å². The number of halogens is 2. The van der Waals surface area contributed by atoms with Gasteiger partial charge in [0.2, 0.25) is 5.78 Å². The fourth-order valence-electron chi connectivity index (χ4n) is 3.14. The van der Waals surface area contributed by atoms with E-state index in [-0.39, 0.29) is 17.4 Å². The fraction of sp³-hybridized carbons (Fsp3) is 0.500. The average molecular weight is 292 g/mol. The normalized spacial score (nSPS) is 23.0. The van der Waals surface area contributed by atoms with Crippen LogP contribution in [0.3, 0.4) is 0 Å². The van der Waals surface area contributed by atoms with Gasteiger partial charge >= 0.3 is 5.92 Å². The van der Waals surface area contributed by atoms with Gasteiger partial charge in [-0.15, -0.1) is 0 Å². The maximum atomic E-state index is 14.8. The van der Waals surface area contributed by atoms with Gasteiger partial charge in [-0.1, -0.05) is 55.8 Å². The Morgan fingerprint density at radius 2 is 1.86 bits per heavy atom. The predicted octanol–water partition coefficient (Wildman–Crippen LogP) is 5.13. The summed E-state index contributed by atoms with van der Waals surface area (Å²) < 4.78 is 29.6. The molecule has 0 bridgehead atoms. The summed E-state index contributed by atoms with van der Waals surface area (Å²) in [5.41, 5.74) is 1.04. The molecule has 21 heavy (non-hydrogen) atoms. The second-order valence-corrected chi connectivity index (χ2v) is 6.30. The van der Waals surface area contributed by atoms with Gasteiger partial charge in [0.25, 0.3) is 0 Å². The van der Waals surface area contributed by atoms with Crippen molar-refractivity contribution in [2.24, 2.45) is 17.8 Å². The lowest BCUT2D eigenvalue weighted by Crippen LogP contribution is -2.43. The second-order valence-electron chi connectivity index (χ2n) is 6.30. The van der Waals surface area contributed by atoms with Crippen LogP contribution in [-0.4, -0.2) is 11.7 Å². The SMILES string of the molecule is CC1=C[C@@H](C(F)(F)C(=O)c2ccccc2)[C@@H](C(C)C)CC1. The number of ketones is 1. The summed E-state index contributed by atoms with van der Waals surface area (Å²) in [5.74, 6) is -5.44. The highest BCUT2D eigenvalue weighted by atomic mass is 19.3. The van der Waals surface area contributed by atoms with E-state index in [0.29, 0.717) is 0 Å². The molecule has 2 atom stereocenters. The van der Waals surface area contributed by atoms with Crippen LogP contribution in [0.2, 0.25) is 0 Å².